The predicted octanol–water partition coefficient (Wildman–Crippen LogP) is 9.02. The third-order valence-corrected chi connectivity index (χ3v) is 12.7. The molecule has 2 heterocycles. The average molecular weight is 932 g/mol. The molecule has 5 aromatic rings. The molecule has 2 saturated carbocycles. The van der Waals surface area contributed by atoms with E-state index in [1.54, 1.807) is 18.2 Å². The van der Waals surface area contributed by atoms with Gasteiger partial charge in [0.05, 0.1) is 23.7 Å². The van der Waals surface area contributed by atoms with Crippen molar-refractivity contribution in [2.45, 2.75) is 106 Å². The number of nitrogens with two attached hydrogens (primary N) is 1. The van der Waals surface area contributed by atoms with E-state index in [9.17, 15) is 36.6 Å². The summed E-state index contributed by atoms with van der Waals surface area (Å²) >= 11 is 12.4. The highest BCUT2D eigenvalue weighted by Gasteiger charge is 2.33. The Labute approximate surface area is 370 Å². The molecule has 0 bridgehead atoms. The lowest BCUT2D eigenvalue weighted by atomic mass is 9.99. The van der Waals surface area contributed by atoms with Crippen LogP contribution in [0.3, 0.4) is 0 Å². The number of fused-ring (bicyclic) bond motifs is 1. The first kappa shape index (κ1) is 46.6. The monoisotopic (exact) mass is 930 g/mol. The molecule has 332 valence electrons. The van der Waals surface area contributed by atoms with Crippen molar-refractivity contribution in [2.24, 2.45) is 5.14 Å². The third-order valence-electron chi connectivity index (χ3n) is 10.2. The number of rotatable bonds is 10. The number of anilines is 2. The van der Waals surface area contributed by atoms with E-state index in [-0.39, 0.29) is 5.09 Å². The summed E-state index contributed by atoms with van der Waals surface area (Å²) in [5.74, 6) is 1.36. The molecule has 0 unspecified atom stereocenters. The Bertz CT molecular complexity index is 2660. The molecule has 15 nitrogen and oxygen atoms in total. The number of aliphatic hydroxyl groups is 2. The van der Waals surface area contributed by atoms with Gasteiger partial charge in [0, 0.05) is 44.7 Å². The Morgan fingerprint density at radius 1 is 0.758 bits per heavy atom. The molecule has 0 atom stereocenters. The van der Waals surface area contributed by atoms with Crippen LogP contribution in [0.1, 0.15) is 105 Å². The number of urea groups is 1. The van der Waals surface area contributed by atoms with Gasteiger partial charge in [-0.1, -0.05) is 41.4 Å². The maximum atomic E-state index is 12.6. The van der Waals surface area contributed by atoms with Crippen molar-refractivity contribution in [3.8, 4) is 5.75 Å². The Hall–Kier alpha value is -4.88. The third kappa shape index (κ3) is 12.2. The van der Waals surface area contributed by atoms with Gasteiger partial charge in [-0.25, -0.2) is 27.9 Å². The lowest BCUT2D eigenvalue weighted by Gasteiger charge is -2.17. The fraction of sp³-hybridized carbons (Fsp3) is 0.349. The minimum Gasteiger partial charge on any atom is -0.451 e. The zero-order valence-corrected chi connectivity index (χ0v) is 37.5. The minimum atomic E-state index is -4.22. The molecule has 3 amide bonds. The summed E-state index contributed by atoms with van der Waals surface area (Å²) < 4.78 is 63.6. The number of carbonyl (C=O) groups is 2. The minimum absolute atomic E-state index is 0.296. The lowest BCUT2D eigenvalue weighted by molar-refractivity contribution is 0.0773. The number of hydrogen-bond donors (Lipinski definition) is 6. The van der Waals surface area contributed by atoms with E-state index in [1.165, 1.54) is 46.1 Å². The predicted molar refractivity (Wildman–Crippen MR) is 234 cm³/mol. The molecule has 2 aromatic heterocycles. The number of hydrogen-bond acceptors (Lipinski definition) is 11. The highest BCUT2D eigenvalue weighted by molar-refractivity contribution is 7.90. The molecule has 0 saturated heterocycles. The summed E-state index contributed by atoms with van der Waals surface area (Å²) in [5.41, 5.74) is 3.79. The molecule has 3 aliphatic rings. The van der Waals surface area contributed by atoms with E-state index in [1.807, 2.05) is 41.1 Å². The molecule has 19 heteroatoms. The van der Waals surface area contributed by atoms with E-state index in [0.717, 1.165) is 79.2 Å². The summed E-state index contributed by atoms with van der Waals surface area (Å²) in [6.07, 6.45) is 8.76. The van der Waals surface area contributed by atoms with E-state index >= 15 is 0 Å². The number of halogens is 2. The number of amides is 3. The summed E-state index contributed by atoms with van der Waals surface area (Å²) in [6.45, 7) is 6.05. The molecule has 8 rings (SSSR count). The van der Waals surface area contributed by atoms with Crippen LogP contribution in [0, 0.1) is 0 Å². The highest BCUT2D eigenvalue weighted by atomic mass is 35.5. The normalized spacial score (nSPS) is 15.0. The fourth-order valence-corrected chi connectivity index (χ4v) is 8.44. The van der Waals surface area contributed by atoms with E-state index in [4.69, 9.17) is 37.5 Å². The smallest absolute Gasteiger partial charge is 0.417 e. The van der Waals surface area contributed by atoms with Gasteiger partial charge in [0.25, 0.3) is 20.0 Å². The van der Waals surface area contributed by atoms with Crippen molar-refractivity contribution in [3.63, 3.8) is 0 Å². The van der Waals surface area contributed by atoms with Crippen LogP contribution in [0.25, 0.3) is 0 Å². The van der Waals surface area contributed by atoms with Crippen LogP contribution in [0.4, 0.5) is 21.0 Å². The fourth-order valence-electron chi connectivity index (χ4n) is 6.60. The standard InChI is InChI=1S/C20H23ClN2O5S.C16H14ClNO2.C7H11NO4S/c1-20(2,25)12-8-17(28-10-12)29(26,27)23-19(24)22-18-14-5-3-4-13(14)16(21)9-15(18)11-6-7-11;17-12-8-9-15(14(10-12)11-6-7-11)18-16(19)20-13-4-2-1-3-5-13;1-7(2,9)5-3-6(12-4-5)13(8,10)11/h8-11,25H,3-7H2,1-2H3,(H2,22,23,24);1-5,8-11H,6-7H2,(H,18,19);3-4,9H,1-2H3,(H2,8,10,11). The van der Waals surface area contributed by atoms with Crippen LogP contribution in [-0.4, -0.2) is 39.2 Å². The molecule has 3 aromatic carbocycles. The Morgan fingerprint density at radius 2 is 1.32 bits per heavy atom. The van der Waals surface area contributed by atoms with Crippen LogP contribution in [0.15, 0.2) is 98.3 Å². The number of ether oxygens (including phenoxy) is 1. The molecular formula is C43H48Cl2N4O11S2. The molecule has 7 N–H and O–H groups in total. The maximum absolute atomic E-state index is 12.6. The van der Waals surface area contributed by atoms with E-state index in [0.29, 0.717) is 44.4 Å². The van der Waals surface area contributed by atoms with Gasteiger partial charge in [-0.05, 0) is 143 Å². The van der Waals surface area contributed by atoms with Crippen LogP contribution in [0.2, 0.25) is 10.0 Å². The van der Waals surface area contributed by atoms with Crippen LogP contribution in [0.5, 0.6) is 5.75 Å². The van der Waals surface area contributed by atoms with Crippen molar-refractivity contribution < 1.29 is 50.2 Å². The SMILES string of the molecule is CC(C)(O)c1coc(S(=O)(=O)NC(=O)Nc2c(C3CC3)cc(Cl)c3c2CCC3)c1.CC(C)(O)c1coc(S(N)(=O)=O)c1.O=C(Nc1ccc(Cl)cc1C1CC1)Oc1ccccc1. The van der Waals surface area contributed by atoms with Crippen LogP contribution < -0.4 is 25.2 Å². The number of nitrogens with one attached hydrogen (secondary N) is 3. The average Bonchev–Trinajstić information content (AvgIpc) is 3.99. The molecule has 0 spiro atoms. The molecule has 0 radical (unpaired) electrons. The Balaban J connectivity index is 0.000000168. The summed E-state index contributed by atoms with van der Waals surface area (Å²) in [5, 5.41) is 30.4. The van der Waals surface area contributed by atoms with Crippen molar-refractivity contribution in [1.82, 2.24) is 4.72 Å². The van der Waals surface area contributed by atoms with Gasteiger partial charge in [0.2, 0.25) is 10.2 Å². The Morgan fingerprint density at radius 3 is 1.87 bits per heavy atom. The lowest BCUT2D eigenvalue weighted by Crippen LogP contribution is -2.34. The van der Waals surface area contributed by atoms with E-state index < -0.39 is 48.5 Å². The molecular weight excluding hydrogens is 884 g/mol. The Kier molecular flexibility index (Phi) is 13.9. The molecule has 0 aliphatic heterocycles. The number of primary sulfonamides is 1. The van der Waals surface area contributed by atoms with Gasteiger partial charge in [0.1, 0.15) is 5.75 Å². The number of benzene rings is 3. The second-order valence-corrected chi connectivity index (χ2v) is 20.2. The summed E-state index contributed by atoms with van der Waals surface area (Å²) in [4.78, 5) is 24.5. The first-order chi connectivity index (χ1) is 29.0. The summed E-state index contributed by atoms with van der Waals surface area (Å²) in [6, 6.07) is 17.9. The number of furan rings is 2. The zero-order chi connectivity index (χ0) is 45.2. The second kappa shape index (κ2) is 18.5. The van der Waals surface area contributed by atoms with Crippen molar-refractivity contribution in [2.75, 3.05) is 10.6 Å². The number of para-hydroxylation sites is 1. The van der Waals surface area contributed by atoms with Gasteiger partial charge >= 0.3 is 12.1 Å². The van der Waals surface area contributed by atoms with Gasteiger partial charge in [-0.15, -0.1) is 0 Å². The van der Waals surface area contributed by atoms with Crippen molar-refractivity contribution in [1.29, 1.82) is 0 Å². The zero-order valence-electron chi connectivity index (χ0n) is 34.3. The van der Waals surface area contributed by atoms with Crippen molar-refractivity contribution in [3.05, 3.63) is 123 Å². The van der Waals surface area contributed by atoms with Crippen molar-refractivity contribution >= 4 is 66.7 Å². The summed E-state index contributed by atoms with van der Waals surface area (Å²) in [7, 11) is -8.04. The largest absolute Gasteiger partial charge is 0.451 e. The maximum Gasteiger partial charge on any atom is 0.417 e. The molecule has 2 fully saturated rings. The number of carbonyl (C=O) groups excluding carboxylic acids is 2. The first-order valence-electron chi connectivity index (χ1n) is 19.7. The molecule has 62 heavy (non-hydrogen) atoms. The highest BCUT2D eigenvalue weighted by Crippen LogP contribution is 2.48. The first-order valence-corrected chi connectivity index (χ1v) is 23.4. The van der Waals surface area contributed by atoms with Gasteiger partial charge < -0.3 is 29.1 Å². The topological polar surface area (TPSA) is 240 Å². The van der Waals surface area contributed by atoms with Gasteiger partial charge in [-0.3, -0.25) is 5.32 Å². The second-order valence-electron chi connectivity index (χ2n) is 16.3. The van der Waals surface area contributed by atoms with Gasteiger partial charge in [-0.2, -0.15) is 8.42 Å². The van der Waals surface area contributed by atoms with Crippen LogP contribution >= 0.6 is 23.2 Å². The quantitative estimate of drug-likeness (QED) is 0.0772. The number of sulfonamides is 2. The van der Waals surface area contributed by atoms with E-state index in [2.05, 4.69) is 15.1 Å². The molecule has 3 aliphatic carbocycles. The van der Waals surface area contributed by atoms with Crippen LogP contribution in [-0.2, 0) is 44.1 Å². The van der Waals surface area contributed by atoms with Gasteiger partial charge in [0.15, 0.2) is 0 Å².